The van der Waals surface area contributed by atoms with Gasteiger partial charge in [0.05, 0.1) is 23.4 Å². The molecule has 0 N–H and O–H groups in total. The number of para-hydroxylation sites is 2. The molecule has 0 spiro atoms. The highest BCUT2D eigenvalue weighted by Crippen LogP contribution is 2.39. The van der Waals surface area contributed by atoms with E-state index >= 15 is 0 Å². The second kappa shape index (κ2) is 5.76. The number of aromatic nitrogens is 6. The number of hydrogen-bond acceptors (Lipinski definition) is 4. The Hall–Kier alpha value is -3.02. The highest BCUT2D eigenvalue weighted by molar-refractivity contribution is 5.75. The predicted octanol–water partition coefficient (Wildman–Crippen LogP) is 3.81. The molecule has 0 aliphatic heterocycles. The maximum absolute atomic E-state index is 4.92. The summed E-state index contributed by atoms with van der Waals surface area (Å²) in [5, 5.41) is 4.82. The molecule has 1 atom stereocenters. The largest absolute Gasteiger partial charge is 0.320 e. The van der Waals surface area contributed by atoms with Gasteiger partial charge in [-0.15, -0.1) is 5.10 Å². The number of benzene rings is 1. The summed E-state index contributed by atoms with van der Waals surface area (Å²) in [6.45, 7) is 4.20. The van der Waals surface area contributed by atoms with Gasteiger partial charge in [-0.05, 0) is 50.5 Å². The van der Waals surface area contributed by atoms with Gasteiger partial charge in [-0.3, -0.25) is 0 Å². The van der Waals surface area contributed by atoms with Crippen molar-refractivity contribution in [2.45, 2.75) is 38.6 Å². The molecule has 0 amide bonds. The van der Waals surface area contributed by atoms with Crippen LogP contribution in [-0.4, -0.2) is 29.3 Å². The van der Waals surface area contributed by atoms with Gasteiger partial charge in [-0.2, -0.15) is 4.68 Å². The number of pyridine rings is 1. The fraction of sp³-hybridized carbons (Fsp3) is 0.300. The van der Waals surface area contributed by atoms with Crippen molar-refractivity contribution in [3.8, 4) is 5.82 Å². The molecule has 1 aromatic carbocycles. The van der Waals surface area contributed by atoms with Crippen LogP contribution in [0.25, 0.3) is 16.9 Å². The number of rotatable bonds is 4. The van der Waals surface area contributed by atoms with E-state index in [2.05, 4.69) is 40.5 Å². The molecule has 5 rings (SSSR count). The second-order valence-corrected chi connectivity index (χ2v) is 6.97. The zero-order valence-corrected chi connectivity index (χ0v) is 14.9. The Balaban J connectivity index is 1.67. The van der Waals surface area contributed by atoms with Crippen molar-refractivity contribution in [2.75, 3.05) is 0 Å². The number of hydrogen-bond donors (Lipinski definition) is 0. The van der Waals surface area contributed by atoms with E-state index in [-0.39, 0.29) is 6.04 Å². The summed E-state index contributed by atoms with van der Waals surface area (Å²) < 4.78 is 4.08. The quantitative estimate of drug-likeness (QED) is 0.565. The Morgan fingerprint density at radius 3 is 2.73 bits per heavy atom. The van der Waals surface area contributed by atoms with Gasteiger partial charge < -0.3 is 4.57 Å². The van der Waals surface area contributed by atoms with E-state index in [1.54, 1.807) is 0 Å². The molecule has 1 aliphatic rings. The molecule has 6 heteroatoms. The van der Waals surface area contributed by atoms with E-state index in [1.165, 1.54) is 12.8 Å². The molecular weight excluding hydrogens is 324 g/mol. The van der Waals surface area contributed by atoms with E-state index in [1.807, 2.05) is 41.5 Å². The third-order valence-corrected chi connectivity index (χ3v) is 5.05. The van der Waals surface area contributed by atoms with Crippen LogP contribution in [0.3, 0.4) is 0 Å². The van der Waals surface area contributed by atoms with Crippen LogP contribution in [-0.2, 0) is 0 Å². The maximum atomic E-state index is 4.92. The minimum atomic E-state index is 0.00352. The summed E-state index contributed by atoms with van der Waals surface area (Å²) in [6, 6.07) is 12.2. The van der Waals surface area contributed by atoms with Crippen molar-refractivity contribution in [1.82, 2.24) is 29.3 Å². The molecule has 4 aromatic rings. The van der Waals surface area contributed by atoms with Crippen LogP contribution in [0.4, 0.5) is 0 Å². The molecule has 1 fully saturated rings. The summed E-state index contributed by atoms with van der Waals surface area (Å²) >= 11 is 0. The van der Waals surface area contributed by atoms with Crippen LogP contribution in [0.5, 0.6) is 0 Å². The van der Waals surface area contributed by atoms with E-state index < -0.39 is 0 Å². The lowest BCUT2D eigenvalue weighted by atomic mass is 10.2. The minimum absolute atomic E-state index is 0.00352. The first-order valence-electron chi connectivity index (χ1n) is 9.03. The highest BCUT2D eigenvalue weighted by atomic mass is 15.4. The maximum Gasteiger partial charge on any atom is 0.158 e. The lowest BCUT2D eigenvalue weighted by molar-refractivity contribution is 0.588. The van der Waals surface area contributed by atoms with Gasteiger partial charge in [0.25, 0.3) is 0 Å². The van der Waals surface area contributed by atoms with E-state index in [0.29, 0.717) is 5.92 Å². The SMILES string of the molecule is Cc1cccnc1-n1nc(C2CC2)nc1[C@H](C)n1cnc2ccccc21. The summed E-state index contributed by atoms with van der Waals surface area (Å²) in [5.41, 5.74) is 3.17. The molecule has 6 nitrogen and oxygen atoms in total. The third-order valence-electron chi connectivity index (χ3n) is 5.05. The molecule has 26 heavy (non-hydrogen) atoms. The molecule has 0 saturated heterocycles. The van der Waals surface area contributed by atoms with Gasteiger partial charge in [0, 0.05) is 12.1 Å². The Kier molecular flexibility index (Phi) is 3.38. The molecule has 3 aromatic heterocycles. The van der Waals surface area contributed by atoms with Crippen LogP contribution in [0.1, 0.15) is 48.9 Å². The van der Waals surface area contributed by atoms with E-state index in [9.17, 15) is 0 Å². The first kappa shape index (κ1) is 15.3. The molecule has 3 heterocycles. The summed E-state index contributed by atoms with van der Waals surface area (Å²) in [5.74, 6) is 3.17. The van der Waals surface area contributed by atoms with Crippen LogP contribution < -0.4 is 0 Å². The Morgan fingerprint density at radius 1 is 1.08 bits per heavy atom. The molecule has 1 aliphatic carbocycles. The van der Waals surface area contributed by atoms with Crippen molar-refractivity contribution in [3.63, 3.8) is 0 Å². The molecule has 0 radical (unpaired) electrons. The Bertz CT molecular complexity index is 1090. The van der Waals surface area contributed by atoms with Crippen molar-refractivity contribution >= 4 is 11.0 Å². The van der Waals surface area contributed by atoms with Crippen LogP contribution >= 0.6 is 0 Å². The lowest BCUT2D eigenvalue weighted by Gasteiger charge is -2.15. The number of aryl methyl sites for hydroxylation is 1. The van der Waals surface area contributed by atoms with E-state index in [0.717, 1.165) is 34.1 Å². The van der Waals surface area contributed by atoms with Gasteiger partial charge in [0.2, 0.25) is 0 Å². The van der Waals surface area contributed by atoms with Crippen LogP contribution in [0.2, 0.25) is 0 Å². The topological polar surface area (TPSA) is 61.4 Å². The Labute approximate surface area is 151 Å². The average molecular weight is 344 g/mol. The van der Waals surface area contributed by atoms with Gasteiger partial charge in [-0.1, -0.05) is 18.2 Å². The smallest absolute Gasteiger partial charge is 0.158 e. The Morgan fingerprint density at radius 2 is 1.92 bits per heavy atom. The molecule has 130 valence electrons. The molecule has 1 saturated carbocycles. The number of fused-ring (bicyclic) bond motifs is 1. The second-order valence-electron chi connectivity index (χ2n) is 6.97. The third kappa shape index (κ3) is 2.41. The molecule has 0 unspecified atom stereocenters. The van der Waals surface area contributed by atoms with Crippen LogP contribution in [0, 0.1) is 6.92 Å². The van der Waals surface area contributed by atoms with Gasteiger partial charge in [0.1, 0.15) is 0 Å². The van der Waals surface area contributed by atoms with Gasteiger partial charge in [-0.25, -0.2) is 15.0 Å². The highest BCUT2D eigenvalue weighted by Gasteiger charge is 2.31. The fourth-order valence-electron chi connectivity index (χ4n) is 3.39. The van der Waals surface area contributed by atoms with Crippen LogP contribution in [0.15, 0.2) is 48.9 Å². The standard InChI is InChI=1S/C20H20N6/c1-13-6-5-11-21-19(13)26-20(23-18(24-26)15-9-10-15)14(2)25-12-22-16-7-3-4-8-17(16)25/h3-8,11-12,14-15H,9-10H2,1-2H3/t14-/m0/s1. The van der Waals surface area contributed by atoms with Gasteiger partial charge >= 0.3 is 0 Å². The zero-order valence-electron chi connectivity index (χ0n) is 14.9. The van der Waals surface area contributed by atoms with E-state index in [4.69, 9.17) is 10.1 Å². The number of imidazole rings is 1. The molecule has 0 bridgehead atoms. The van der Waals surface area contributed by atoms with Crippen molar-refractivity contribution in [2.24, 2.45) is 0 Å². The molecular formula is C20H20N6. The lowest BCUT2D eigenvalue weighted by Crippen LogP contribution is -2.14. The first-order valence-corrected chi connectivity index (χ1v) is 9.03. The average Bonchev–Trinajstić information content (AvgIpc) is 3.28. The summed E-state index contributed by atoms with van der Waals surface area (Å²) in [6.07, 6.45) is 6.04. The first-order chi connectivity index (χ1) is 12.7. The predicted molar refractivity (Wildman–Crippen MR) is 99.4 cm³/mol. The fourth-order valence-corrected chi connectivity index (χ4v) is 3.39. The minimum Gasteiger partial charge on any atom is -0.320 e. The normalized spacial score (nSPS) is 15.5. The number of nitrogens with zero attached hydrogens (tertiary/aromatic N) is 6. The van der Waals surface area contributed by atoms with Gasteiger partial charge in [0.15, 0.2) is 17.5 Å². The van der Waals surface area contributed by atoms with Crippen molar-refractivity contribution < 1.29 is 0 Å². The monoisotopic (exact) mass is 344 g/mol. The summed E-state index contributed by atoms with van der Waals surface area (Å²) in [4.78, 5) is 14.0. The van der Waals surface area contributed by atoms with Crippen molar-refractivity contribution in [1.29, 1.82) is 0 Å². The van der Waals surface area contributed by atoms with Crippen molar-refractivity contribution in [3.05, 3.63) is 66.1 Å². The zero-order chi connectivity index (χ0) is 17.7. The summed E-state index contributed by atoms with van der Waals surface area (Å²) in [7, 11) is 0.